The maximum absolute atomic E-state index is 5.87. The van der Waals surface area contributed by atoms with Crippen LogP contribution in [0.5, 0.6) is 11.8 Å². The Kier molecular flexibility index (Phi) is 2.92. The first kappa shape index (κ1) is 10.7. The van der Waals surface area contributed by atoms with E-state index in [1.54, 1.807) is 18.2 Å². The lowest BCUT2D eigenvalue weighted by Gasteiger charge is -2.07. The van der Waals surface area contributed by atoms with Crippen LogP contribution < -0.4 is 10.5 Å². The number of aryl methyl sites for hydroxylation is 1. The first-order valence-electron chi connectivity index (χ1n) is 4.67. The Labute approximate surface area is 98.0 Å². The quantitative estimate of drug-likeness (QED) is 0.870. The third-order valence-corrected chi connectivity index (χ3v) is 2.24. The Morgan fingerprint density at radius 3 is 2.88 bits per heavy atom. The molecule has 0 fully saturated rings. The molecule has 0 atom stereocenters. The number of nitrogens with two attached hydrogens (primary N) is 1. The molecule has 5 heteroatoms. The van der Waals surface area contributed by atoms with Gasteiger partial charge in [0.25, 0.3) is 0 Å². The van der Waals surface area contributed by atoms with E-state index in [4.69, 9.17) is 22.1 Å². The van der Waals surface area contributed by atoms with Crippen molar-refractivity contribution >= 4 is 17.4 Å². The molecule has 0 amide bonds. The summed E-state index contributed by atoms with van der Waals surface area (Å²) in [4.78, 5) is 7.89. The minimum absolute atomic E-state index is 0.213. The molecule has 4 nitrogen and oxygen atoms in total. The van der Waals surface area contributed by atoms with Crippen LogP contribution in [0.1, 0.15) is 5.56 Å². The fraction of sp³-hybridized carbons (Fsp3) is 0.0909. The Hall–Kier alpha value is -1.81. The van der Waals surface area contributed by atoms with Gasteiger partial charge in [0.1, 0.15) is 11.6 Å². The van der Waals surface area contributed by atoms with Gasteiger partial charge in [-0.2, -0.15) is 4.98 Å². The summed E-state index contributed by atoms with van der Waals surface area (Å²) in [7, 11) is 0. The molecule has 2 rings (SSSR count). The predicted molar refractivity (Wildman–Crippen MR) is 62.7 cm³/mol. The van der Waals surface area contributed by atoms with Gasteiger partial charge >= 0.3 is 6.01 Å². The molecule has 0 saturated carbocycles. The Bertz CT molecular complexity index is 516. The van der Waals surface area contributed by atoms with Crippen LogP contribution in [0.3, 0.4) is 0 Å². The molecule has 16 heavy (non-hydrogen) atoms. The molecule has 2 N–H and O–H groups in total. The van der Waals surface area contributed by atoms with Crippen LogP contribution in [0.25, 0.3) is 0 Å². The minimum atomic E-state index is 0.213. The summed E-state index contributed by atoms with van der Waals surface area (Å²) < 4.78 is 5.48. The lowest BCUT2D eigenvalue weighted by Crippen LogP contribution is -1.96. The van der Waals surface area contributed by atoms with E-state index in [0.29, 0.717) is 16.6 Å². The van der Waals surface area contributed by atoms with Gasteiger partial charge in [-0.15, -0.1) is 0 Å². The van der Waals surface area contributed by atoms with Crippen molar-refractivity contribution in [2.45, 2.75) is 6.92 Å². The van der Waals surface area contributed by atoms with Gasteiger partial charge in [0, 0.05) is 11.2 Å². The summed E-state index contributed by atoms with van der Waals surface area (Å²) in [5, 5.41) is 0.601. The number of benzene rings is 1. The predicted octanol–water partition coefficient (Wildman–Crippen LogP) is 2.81. The van der Waals surface area contributed by atoms with Gasteiger partial charge in [-0.3, -0.25) is 0 Å². The van der Waals surface area contributed by atoms with Gasteiger partial charge in [0.2, 0.25) is 0 Å². The number of nitrogen functional groups attached to an aromatic ring is 1. The van der Waals surface area contributed by atoms with Crippen LogP contribution >= 0.6 is 11.6 Å². The maximum atomic E-state index is 5.87. The third kappa shape index (κ3) is 2.41. The zero-order valence-electron chi connectivity index (χ0n) is 8.64. The van der Waals surface area contributed by atoms with Crippen LogP contribution in [0.2, 0.25) is 5.02 Å². The van der Waals surface area contributed by atoms with Crippen molar-refractivity contribution in [1.82, 2.24) is 9.97 Å². The van der Waals surface area contributed by atoms with Crippen molar-refractivity contribution in [3.05, 3.63) is 41.0 Å². The smallest absolute Gasteiger partial charge is 0.323 e. The van der Waals surface area contributed by atoms with Crippen molar-refractivity contribution < 1.29 is 4.74 Å². The topological polar surface area (TPSA) is 61.0 Å². The molecule has 0 bridgehead atoms. The molecule has 82 valence electrons. The normalized spacial score (nSPS) is 10.1. The summed E-state index contributed by atoms with van der Waals surface area (Å²) in [6.07, 6.45) is 1.54. The second-order valence-corrected chi connectivity index (χ2v) is 3.71. The number of rotatable bonds is 2. The standard InChI is InChI=1S/C11H10ClN3O/c1-7-2-3-8(12)6-9(7)16-11-14-5-4-10(13)15-11/h2-6H,1H3,(H2,13,14,15). The minimum Gasteiger partial charge on any atom is -0.424 e. The Balaban J connectivity index is 2.30. The number of nitrogens with zero attached hydrogens (tertiary/aromatic N) is 2. The van der Waals surface area contributed by atoms with Crippen molar-refractivity contribution in [3.63, 3.8) is 0 Å². The second-order valence-electron chi connectivity index (χ2n) is 3.28. The van der Waals surface area contributed by atoms with E-state index in [1.807, 2.05) is 13.0 Å². The summed E-state index contributed by atoms with van der Waals surface area (Å²) in [6, 6.07) is 7.18. The number of ether oxygens (including phenoxy) is 1. The average Bonchev–Trinajstić information content (AvgIpc) is 2.24. The van der Waals surface area contributed by atoms with E-state index in [-0.39, 0.29) is 6.01 Å². The highest BCUT2D eigenvalue weighted by Crippen LogP contribution is 2.26. The highest BCUT2D eigenvalue weighted by molar-refractivity contribution is 6.30. The molecule has 0 unspecified atom stereocenters. The first-order chi connectivity index (χ1) is 7.65. The maximum Gasteiger partial charge on any atom is 0.323 e. The van der Waals surface area contributed by atoms with E-state index >= 15 is 0 Å². The van der Waals surface area contributed by atoms with Crippen LogP contribution in [-0.2, 0) is 0 Å². The summed E-state index contributed by atoms with van der Waals surface area (Å²) in [6.45, 7) is 1.91. The molecule has 0 spiro atoms. The zero-order valence-corrected chi connectivity index (χ0v) is 9.40. The number of anilines is 1. The van der Waals surface area contributed by atoms with Crippen molar-refractivity contribution in [2.75, 3.05) is 5.73 Å². The summed E-state index contributed by atoms with van der Waals surface area (Å²) in [5.41, 5.74) is 6.48. The van der Waals surface area contributed by atoms with Gasteiger partial charge < -0.3 is 10.5 Å². The molecule has 1 heterocycles. The van der Waals surface area contributed by atoms with Crippen LogP contribution in [-0.4, -0.2) is 9.97 Å². The molecule has 0 aliphatic carbocycles. The molecule has 0 radical (unpaired) electrons. The van der Waals surface area contributed by atoms with E-state index in [2.05, 4.69) is 9.97 Å². The first-order valence-corrected chi connectivity index (χ1v) is 5.05. The van der Waals surface area contributed by atoms with E-state index < -0.39 is 0 Å². The van der Waals surface area contributed by atoms with Crippen LogP contribution in [0.4, 0.5) is 5.82 Å². The number of aromatic nitrogens is 2. The van der Waals surface area contributed by atoms with E-state index in [9.17, 15) is 0 Å². The van der Waals surface area contributed by atoms with Crippen LogP contribution in [0, 0.1) is 6.92 Å². The van der Waals surface area contributed by atoms with E-state index in [0.717, 1.165) is 5.56 Å². The largest absolute Gasteiger partial charge is 0.424 e. The number of halogens is 1. The fourth-order valence-corrected chi connectivity index (χ4v) is 1.35. The molecule has 1 aromatic heterocycles. The molecule has 0 saturated heterocycles. The fourth-order valence-electron chi connectivity index (χ4n) is 1.19. The molecular weight excluding hydrogens is 226 g/mol. The molecule has 0 aliphatic rings. The van der Waals surface area contributed by atoms with Crippen molar-refractivity contribution in [2.24, 2.45) is 0 Å². The summed E-state index contributed by atoms with van der Waals surface area (Å²) in [5.74, 6) is 0.989. The van der Waals surface area contributed by atoms with Gasteiger partial charge in [0.05, 0.1) is 0 Å². The molecule has 1 aromatic carbocycles. The molecule has 2 aromatic rings. The SMILES string of the molecule is Cc1ccc(Cl)cc1Oc1nccc(N)n1. The van der Waals surface area contributed by atoms with Gasteiger partial charge in [0.15, 0.2) is 0 Å². The second kappa shape index (κ2) is 4.37. The lowest BCUT2D eigenvalue weighted by atomic mass is 10.2. The van der Waals surface area contributed by atoms with Gasteiger partial charge in [-0.25, -0.2) is 4.98 Å². The third-order valence-electron chi connectivity index (χ3n) is 2.01. The average molecular weight is 236 g/mol. The van der Waals surface area contributed by atoms with Crippen molar-refractivity contribution in [3.8, 4) is 11.8 Å². The number of hydrogen-bond acceptors (Lipinski definition) is 4. The van der Waals surface area contributed by atoms with Gasteiger partial charge in [-0.05, 0) is 30.7 Å². The molecular formula is C11H10ClN3O. The number of hydrogen-bond donors (Lipinski definition) is 1. The van der Waals surface area contributed by atoms with Crippen LogP contribution in [0.15, 0.2) is 30.5 Å². The van der Waals surface area contributed by atoms with Crippen molar-refractivity contribution in [1.29, 1.82) is 0 Å². The molecule has 0 aliphatic heterocycles. The zero-order chi connectivity index (χ0) is 11.5. The Morgan fingerprint density at radius 2 is 2.12 bits per heavy atom. The monoisotopic (exact) mass is 235 g/mol. The Morgan fingerprint density at radius 1 is 1.31 bits per heavy atom. The summed E-state index contributed by atoms with van der Waals surface area (Å²) >= 11 is 5.87. The lowest BCUT2D eigenvalue weighted by molar-refractivity contribution is 0.439. The van der Waals surface area contributed by atoms with Gasteiger partial charge in [-0.1, -0.05) is 17.7 Å². The van der Waals surface area contributed by atoms with E-state index in [1.165, 1.54) is 6.20 Å². The highest BCUT2D eigenvalue weighted by atomic mass is 35.5. The highest BCUT2D eigenvalue weighted by Gasteiger charge is 2.04.